The number of ketones is 1. The second-order valence-electron chi connectivity index (χ2n) is 8.15. The molecule has 8 heteroatoms. The predicted octanol–water partition coefficient (Wildman–Crippen LogP) is 6.28. The van der Waals surface area contributed by atoms with Crippen molar-refractivity contribution in [2.75, 3.05) is 11.5 Å². The average Bonchev–Trinajstić information content (AvgIpc) is 3.38. The molecule has 1 fully saturated rings. The maximum absolute atomic E-state index is 13.4. The molecular formula is C27H21ClN2O4S. The number of anilines is 1. The van der Waals surface area contributed by atoms with Crippen LogP contribution in [-0.2, 0) is 9.59 Å². The van der Waals surface area contributed by atoms with Gasteiger partial charge in [0.2, 0.25) is 0 Å². The van der Waals surface area contributed by atoms with Crippen molar-refractivity contribution in [1.82, 2.24) is 4.98 Å². The Hall–Kier alpha value is -3.68. The highest BCUT2D eigenvalue weighted by atomic mass is 35.5. The molecule has 4 aromatic rings. The van der Waals surface area contributed by atoms with E-state index in [1.54, 1.807) is 24.3 Å². The number of ether oxygens (including phenoxy) is 1. The number of aromatic nitrogens is 1. The Morgan fingerprint density at radius 3 is 2.49 bits per heavy atom. The number of fused-ring (bicyclic) bond motifs is 1. The van der Waals surface area contributed by atoms with Gasteiger partial charge in [0.15, 0.2) is 5.13 Å². The van der Waals surface area contributed by atoms with E-state index in [0.29, 0.717) is 39.2 Å². The Bertz CT molecular complexity index is 1480. The molecule has 1 amide bonds. The molecule has 1 aliphatic rings. The van der Waals surface area contributed by atoms with Gasteiger partial charge in [0.05, 0.1) is 28.4 Å². The number of hydrogen-bond acceptors (Lipinski definition) is 6. The van der Waals surface area contributed by atoms with Gasteiger partial charge in [-0.3, -0.25) is 14.5 Å². The Morgan fingerprint density at radius 1 is 1.09 bits per heavy atom. The van der Waals surface area contributed by atoms with Crippen LogP contribution in [0.15, 0.2) is 72.3 Å². The maximum Gasteiger partial charge on any atom is 0.301 e. The van der Waals surface area contributed by atoms with Gasteiger partial charge in [0, 0.05) is 10.6 Å². The van der Waals surface area contributed by atoms with Crippen molar-refractivity contribution >= 4 is 55.7 Å². The number of rotatable bonds is 5. The maximum atomic E-state index is 13.4. The summed E-state index contributed by atoms with van der Waals surface area (Å²) in [4.78, 5) is 32.7. The lowest BCUT2D eigenvalue weighted by molar-refractivity contribution is -0.132. The summed E-state index contributed by atoms with van der Waals surface area (Å²) in [6.45, 7) is 4.39. The molecule has 1 aliphatic heterocycles. The van der Waals surface area contributed by atoms with Crippen molar-refractivity contribution in [2.45, 2.75) is 19.9 Å². The fourth-order valence-corrected chi connectivity index (χ4v) is 5.26. The molecular weight excluding hydrogens is 484 g/mol. The minimum absolute atomic E-state index is 0.00966. The molecule has 0 radical (unpaired) electrons. The van der Waals surface area contributed by atoms with Gasteiger partial charge in [-0.2, -0.15) is 0 Å². The zero-order chi connectivity index (χ0) is 24.7. The van der Waals surface area contributed by atoms with Crippen LogP contribution in [0, 0.1) is 6.92 Å². The van der Waals surface area contributed by atoms with E-state index < -0.39 is 17.7 Å². The first kappa shape index (κ1) is 23.1. The number of Topliss-reactive ketones (excluding diaryl/α,β-unsaturated/α-hetero) is 1. The highest BCUT2D eigenvalue weighted by Crippen LogP contribution is 2.44. The fraction of sp³-hybridized carbons (Fsp3) is 0.148. The summed E-state index contributed by atoms with van der Waals surface area (Å²) < 4.78 is 6.42. The number of carbonyl (C=O) groups is 2. The molecule has 1 N–H and O–H groups in total. The molecule has 3 aromatic carbocycles. The first-order chi connectivity index (χ1) is 16.9. The number of halogens is 1. The van der Waals surface area contributed by atoms with Crippen LogP contribution in [-0.4, -0.2) is 28.4 Å². The number of thiazole rings is 1. The molecule has 0 saturated carbocycles. The van der Waals surface area contributed by atoms with Crippen molar-refractivity contribution in [2.24, 2.45) is 0 Å². The summed E-state index contributed by atoms with van der Waals surface area (Å²) in [5.74, 6) is -1.06. The monoisotopic (exact) mass is 504 g/mol. The number of aliphatic hydroxyl groups is 1. The lowest BCUT2D eigenvalue weighted by Crippen LogP contribution is -2.29. The third-order valence-electron chi connectivity index (χ3n) is 5.82. The topological polar surface area (TPSA) is 79.7 Å². The molecule has 5 rings (SSSR count). The fourth-order valence-electron chi connectivity index (χ4n) is 4.11. The minimum atomic E-state index is -0.835. The van der Waals surface area contributed by atoms with Gasteiger partial charge in [-0.25, -0.2) is 4.98 Å². The largest absolute Gasteiger partial charge is 0.507 e. The van der Waals surface area contributed by atoms with Crippen molar-refractivity contribution in [3.63, 3.8) is 0 Å². The van der Waals surface area contributed by atoms with E-state index >= 15 is 0 Å². The standard InChI is InChI=1S/C27H21ClN2O4S/c1-3-34-19-12-13-20-21(14-19)35-27(29-20)30-23(16-6-4-15(2)5-7-16)22(25(32)26(30)33)24(31)17-8-10-18(28)11-9-17/h4-14,23,31H,3H2,1-2H3/b24-22+. The summed E-state index contributed by atoms with van der Waals surface area (Å²) in [5, 5.41) is 12.1. The molecule has 6 nitrogen and oxygen atoms in total. The highest BCUT2D eigenvalue weighted by molar-refractivity contribution is 7.22. The Kier molecular flexibility index (Phi) is 6.05. The second-order valence-corrected chi connectivity index (χ2v) is 9.59. The summed E-state index contributed by atoms with van der Waals surface area (Å²) >= 11 is 7.29. The summed E-state index contributed by atoms with van der Waals surface area (Å²) in [5.41, 5.74) is 2.83. The number of amides is 1. The lowest BCUT2D eigenvalue weighted by Gasteiger charge is -2.23. The van der Waals surface area contributed by atoms with Gasteiger partial charge in [-0.1, -0.05) is 52.8 Å². The molecule has 2 heterocycles. The molecule has 1 aromatic heterocycles. The number of nitrogens with zero attached hydrogens (tertiary/aromatic N) is 2. The van der Waals surface area contributed by atoms with E-state index in [0.717, 1.165) is 10.3 Å². The second kappa shape index (κ2) is 9.17. The first-order valence-electron chi connectivity index (χ1n) is 11.0. The predicted molar refractivity (Wildman–Crippen MR) is 138 cm³/mol. The van der Waals surface area contributed by atoms with Crippen LogP contribution < -0.4 is 9.64 Å². The van der Waals surface area contributed by atoms with E-state index in [-0.39, 0.29) is 11.3 Å². The zero-order valence-corrected chi connectivity index (χ0v) is 20.6. The van der Waals surface area contributed by atoms with E-state index in [1.165, 1.54) is 16.2 Å². The van der Waals surface area contributed by atoms with Gasteiger partial charge in [-0.05, 0) is 61.9 Å². The van der Waals surface area contributed by atoms with Gasteiger partial charge < -0.3 is 9.84 Å². The summed E-state index contributed by atoms with van der Waals surface area (Å²) in [7, 11) is 0. The van der Waals surface area contributed by atoms with E-state index in [1.807, 2.05) is 56.3 Å². The SMILES string of the molecule is CCOc1ccc2nc(N3C(=O)C(=O)/C(=C(/O)c4ccc(Cl)cc4)C3c3ccc(C)cc3)sc2c1. The smallest absolute Gasteiger partial charge is 0.301 e. The quantitative estimate of drug-likeness (QED) is 0.196. The van der Waals surface area contributed by atoms with Crippen LogP contribution in [0.3, 0.4) is 0 Å². The van der Waals surface area contributed by atoms with Crippen molar-refractivity contribution in [3.05, 3.63) is 94.0 Å². The number of aryl methyl sites for hydroxylation is 1. The van der Waals surface area contributed by atoms with Gasteiger partial charge >= 0.3 is 5.91 Å². The van der Waals surface area contributed by atoms with E-state index in [9.17, 15) is 14.7 Å². The number of benzene rings is 3. The third kappa shape index (κ3) is 4.17. The van der Waals surface area contributed by atoms with Crippen molar-refractivity contribution in [1.29, 1.82) is 0 Å². The molecule has 0 bridgehead atoms. The summed E-state index contributed by atoms with van der Waals surface area (Å²) in [6, 6.07) is 18.7. The Balaban J connectivity index is 1.69. The van der Waals surface area contributed by atoms with Crippen LogP contribution in [0.5, 0.6) is 5.75 Å². The lowest BCUT2D eigenvalue weighted by atomic mass is 9.95. The van der Waals surface area contributed by atoms with Crippen LogP contribution in [0.25, 0.3) is 16.0 Å². The number of hydrogen-bond donors (Lipinski definition) is 1. The number of carbonyl (C=O) groups excluding carboxylic acids is 2. The molecule has 176 valence electrons. The van der Waals surface area contributed by atoms with Gasteiger partial charge in [-0.15, -0.1) is 0 Å². The average molecular weight is 505 g/mol. The third-order valence-corrected chi connectivity index (χ3v) is 7.09. The van der Waals surface area contributed by atoms with Crippen LogP contribution in [0.2, 0.25) is 5.02 Å². The molecule has 1 saturated heterocycles. The van der Waals surface area contributed by atoms with Crippen LogP contribution in [0.1, 0.15) is 29.7 Å². The van der Waals surface area contributed by atoms with Gasteiger partial charge in [0.25, 0.3) is 5.78 Å². The number of aliphatic hydroxyl groups excluding tert-OH is 1. The minimum Gasteiger partial charge on any atom is -0.507 e. The van der Waals surface area contributed by atoms with E-state index in [4.69, 9.17) is 16.3 Å². The van der Waals surface area contributed by atoms with Gasteiger partial charge in [0.1, 0.15) is 11.5 Å². The molecule has 0 spiro atoms. The van der Waals surface area contributed by atoms with Crippen LogP contribution >= 0.6 is 22.9 Å². The first-order valence-corrected chi connectivity index (χ1v) is 12.2. The molecule has 1 unspecified atom stereocenters. The molecule has 35 heavy (non-hydrogen) atoms. The molecule has 0 aliphatic carbocycles. The van der Waals surface area contributed by atoms with Crippen molar-refractivity contribution < 1.29 is 19.4 Å². The summed E-state index contributed by atoms with van der Waals surface area (Å²) in [6.07, 6.45) is 0. The normalized spacial score (nSPS) is 17.3. The zero-order valence-electron chi connectivity index (χ0n) is 19.0. The highest BCUT2D eigenvalue weighted by Gasteiger charge is 2.48. The Labute approximate surface area is 211 Å². The Morgan fingerprint density at radius 2 is 1.80 bits per heavy atom. The van der Waals surface area contributed by atoms with Crippen molar-refractivity contribution in [3.8, 4) is 5.75 Å². The van der Waals surface area contributed by atoms with Crippen LogP contribution in [0.4, 0.5) is 5.13 Å². The molecule has 1 atom stereocenters. The van der Waals surface area contributed by atoms with E-state index in [2.05, 4.69) is 4.98 Å².